The van der Waals surface area contributed by atoms with Crippen molar-refractivity contribution in [1.29, 1.82) is 0 Å². The van der Waals surface area contributed by atoms with E-state index in [1.54, 1.807) is 0 Å². The van der Waals surface area contributed by atoms with Crippen molar-refractivity contribution in [2.45, 2.75) is 39.0 Å². The van der Waals surface area contributed by atoms with Crippen LogP contribution in [0.4, 0.5) is 0 Å². The van der Waals surface area contributed by atoms with Crippen molar-refractivity contribution in [3.05, 3.63) is 35.9 Å². The van der Waals surface area contributed by atoms with Gasteiger partial charge >= 0.3 is 5.97 Å². The Kier molecular flexibility index (Phi) is 8.73. The molecule has 1 aromatic rings. The van der Waals surface area contributed by atoms with Crippen LogP contribution in [-0.4, -0.2) is 25.7 Å². The van der Waals surface area contributed by atoms with Crippen LogP contribution in [0.25, 0.3) is 0 Å². The molecule has 0 atom stereocenters. The Hall–Kier alpha value is -1.35. The van der Waals surface area contributed by atoms with Gasteiger partial charge in [0.25, 0.3) is 0 Å². The average molecular weight is 263 g/mol. The molecule has 3 nitrogen and oxygen atoms in total. The van der Waals surface area contributed by atoms with Crippen molar-refractivity contribution >= 4 is 5.97 Å². The maximum Gasteiger partial charge on any atom is 0.305 e. The van der Waals surface area contributed by atoms with E-state index in [1.807, 2.05) is 13.0 Å². The molecule has 1 N–H and O–H groups in total. The molecule has 0 bridgehead atoms. The number of carbonyl (C=O) groups is 1. The molecule has 0 amide bonds. The highest BCUT2D eigenvalue weighted by Crippen LogP contribution is 2.01. The Morgan fingerprint density at radius 1 is 1.11 bits per heavy atom. The minimum atomic E-state index is -0.0699. The molecule has 0 aliphatic carbocycles. The highest BCUT2D eigenvalue weighted by molar-refractivity contribution is 5.69. The van der Waals surface area contributed by atoms with E-state index >= 15 is 0 Å². The molecular formula is C16H25NO2. The van der Waals surface area contributed by atoms with Crippen LogP contribution in [0.15, 0.2) is 30.3 Å². The number of ether oxygens (including phenoxy) is 1. The number of rotatable bonds is 10. The van der Waals surface area contributed by atoms with Gasteiger partial charge in [0.1, 0.15) is 0 Å². The second-order valence-corrected chi connectivity index (χ2v) is 4.60. The lowest BCUT2D eigenvalue weighted by Crippen LogP contribution is -2.18. The summed E-state index contributed by atoms with van der Waals surface area (Å²) in [5, 5.41) is 3.43. The molecule has 0 aliphatic heterocycles. The fraction of sp³-hybridized carbons (Fsp3) is 0.562. The van der Waals surface area contributed by atoms with E-state index in [4.69, 9.17) is 4.74 Å². The SMILES string of the molecule is CCOC(=O)CCCCCNCCc1ccccc1. The van der Waals surface area contributed by atoms with E-state index in [2.05, 4.69) is 29.6 Å². The molecule has 1 aromatic carbocycles. The van der Waals surface area contributed by atoms with Gasteiger partial charge in [-0.15, -0.1) is 0 Å². The first-order valence-electron chi connectivity index (χ1n) is 7.23. The summed E-state index contributed by atoms with van der Waals surface area (Å²) in [5.74, 6) is -0.0699. The Labute approximate surface area is 116 Å². The zero-order valence-electron chi connectivity index (χ0n) is 11.9. The van der Waals surface area contributed by atoms with Crippen LogP contribution in [-0.2, 0) is 16.0 Å². The highest BCUT2D eigenvalue weighted by atomic mass is 16.5. The molecule has 0 spiro atoms. The Balaban J connectivity index is 1.88. The Morgan fingerprint density at radius 2 is 1.89 bits per heavy atom. The smallest absolute Gasteiger partial charge is 0.305 e. The first-order chi connectivity index (χ1) is 9.33. The van der Waals surface area contributed by atoms with Gasteiger partial charge in [0.15, 0.2) is 0 Å². The van der Waals surface area contributed by atoms with Crippen LogP contribution in [0.3, 0.4) is 0 Å². The maximum absolute atomic E-state index is 11.1. The molecule has 0 saturated heterocycles. The van der Waals surface area contributed by atoms with Crippen LogP contribution < -0.4 is 5.32 Å². The minimum Gasteiger partial charge on any atom is -0.466 e. The van der Waals surface area contributed by atoms with Crippen LogP contribution in [0.2, 0.25) is 0 Å². The lowest BCUT2D eigenvalue weighted by molar-refractivity contribution is -0.143. The topological polar surface area (TPSA) is 38.3 Å². The first-order valence-corrected chi connectivity index (χ1v) is 7.23. The predicted molar refractivity (Wildman–Crippen MR) is 78.1 cm³/mol. The summed E-state index contributed by atoms with van der Waals surface area (Å²) in [5.41, 5.74) is 1.37. The van der Waals surface area contributed by atoms with Gasteiger partial charge < -0.3 is 10.1 Å². The average Bonchev–Trinajstić information content (AvgIpc) is 2.43. The van der Waals surface area contributed by atoms with E-state index in [9.17, 15) is 4.79 Å². The lowest BCUT2D eigenvalue weighted by atomic mass is 10.1. The molecule has 0 unspecified atom stereocenters. The monoisotopic (exact) mass is 263 g/mol. The molecule has 0 heterocycles. The fourth-order valence-corrected chi connectivity index (χ4v) is 1.93. The van der Waals surface area contributed by atoms with Crippen molar-refractivity contribution in [3.63, 3.8) is 0 Å². The minimum absolute atomic E-state index is 0.0699. The molecule has 106 valence electrons. The number of hydrogen-bond donors (Lipinski definition) is 1. The summed E-state index contributed by atoms with van der Waals surface area (Å²) >= 11 is 0. The van der Waals surface area contributed by atoms with Crippen LogP contribution in [0.5, 0.6) is 0 Å². The molecule has 1 rings (SSSR count). The number of unbranched alkanes of at least 4 members (excludes halogenated alkanes) is 2. The molecule has 0 fully saturated rings. The van der Waals surface area contributed by atoms with Gasteiger partial charge in [-0.3, -0.25) is 4.79 Å². The molecule has 0 aromatic heterocycles. The quantitative estimate of drug-likeness (QED) is 0.521. The van der Waals surface area contributed by atoms with Gasteiger partial charge in [-0.2, -0.15) is 0 Å². The number of carbonyl (C=O) groups excluding carboxylic acids is 1. The van der Waals surface area contributed by atoms with Crippen LogP contribution in [0.1, 0.15) is 38.2 Å². The zero-order chi connectivity index (χ0) is 13.8. The van der Waals surface area contributed by atoms with Gasteiger partial charge in [-0.25, -0.2) is 0 Å². The summed E-state index contributed by atoms with van der Waals surface area (Å²) in [4.78, 5) is 11.1. The third-order valence-corrected chi connectivity index (χ3v) is 2.97. The normalized spacial score (nSPS) is 10.4. The molecular weight excluding hydrogens is 238 g/mol. The maximum atomic E-state index is 11.1. The number of esters is 1. The lowest BCUT2D eigenvalue weighted by Gasteiger charge is -2.05. The van der Waals surface area contributed by atoms with Crippen molar-refractivity contribution in [3.8, 4) is 0 Å². The van der Waals surface area contributed by atoms with Crippen molar-refractivity contribution in [2.24, 2.45) is 0 Å². The first kappa shape index (κ1) is 15.7. The summed E-state index contributed by atoms with van der Waals surface area (Å²) in [6, 6.07) is 10.5. The highest BCUT2D eigenvalue weighted by Gasteiger charge is 2.00. The van der Waals surface area contributed by atoms with Gasteiger partial charge in [0.2, 0.25) is 0 Å². The van der Waals surface area contributed by atoms with Gasteiger partial charge in [0, 0.05) is 6.42 Å². The van der Waals surface area contributed by atoms with Crippen molar-refractivity contribution < 1.29 is 9.53 Å². The number of nitrogens with one attached hydrogen (secondary N) is 1. The predicted octanol–water partition coefficient (Wildman–Crippen LogP) is 2.94. The van der Waals surface area contributed by atoms with Crippen LogP contribution in [0, 0.1) is 0 Å². The summed E-state index contributed by atoms with van der Waals surface area (Å²) in [7, 11) is 0. The largest absolute Gasteiger partial charge is 0.466 e. The zero-order valence-corrected chi connectivity index (χ0v) is 11.9. The molecule has 0 radical (unpaired) electrons. The molecule has 19 heavy (non-hydrogen) atoms. The number of hydrogen-bond acceptors (Lipinski definition) is 3. The Bertz CT molecular complexity index is 338. The molecule has 3 heteroatoms. The molecule has 0 saturated carbocycles. The van der Waals surface area contributed by atoms with E-state index in [-0.39, 0.29) is 5.97 Å². The van der Waals surface area contributed by atoms with Gasteiger partial charge in [-0.05, 0) is 44.8 Å². The van der Waals surface area contributed by atoms with Crippen LogP contribution >= 0.6 is 0 Å². The summed E-state index contributed by atoms with van der Waals surface area (Å²) in [6.07, 6.45) is 4.76. The van der Waals surface area contributed by atoms with Gasteiger partial charge in [0.05, 0.1) is 6.61 Å². The van der Waals surface area contributed by atoms with E-state index < -0.39 is 0 Å². The van der Waals surface area contributed by atoms with E-state index in [0.29, 0.717) is 13.0 Å². The summed E-state index contributed by atoms with van der Waals surface area (Å²) < 4.78 is 4.88. The van der Waals surface area contributed by atoms with Gasteiger partial charge in [-0.1, -0.05) is 36.8 Å². The van der Waals surface area contributed by atoms with E-state index in [0.717, 1.165) is 38.8 Å². The second kappa shape index (κ2) is 10.6. The molecule has 0 aliphatic rings. The van der Waals surface area contributed by atoms with E-state index in [1.165, 1.54) is 5.56 Å². The standard InChI is InChI=1S/C16H25NO2/c1-2-19-16(18)11-7-4-8-13-17-14-12-15-9-5-3-6-10-15/h3,5-6,9-10,17H,2,4,7-8,11-14H2,1H3. The fourth-order valence-electron chi connectivity index (χ4n) is 1.93. The third kappa shape index (κ3) is 8.38. The van der Waals surface area contributed by atoms with Crippen molar-refractivity contribution in [2.75, 3.05) is 19.7 Å². The van der Waals surface area contributed by atoms with Crippen molar-refractivity contribution in [1.82, 2.24) is 5.32 Å². The third-order valence-electron chi connectivity index (χ3n) is 2.97. The second-order valence-electron chi connectivity index (χ2n) is 4.60. The Morgan fingerprint density at radius 3 is 2.63 bits per heavy atom. The summed E-state index contributed by atoms with van der Waals surface area (Å²) in [6.45, 7) is 4.37. The number of benzene rings is 1.